The van der Waals surface area contributed by atoms with Crippen molar-refractivity contribution in [1.82, 2.24) is 24.1 Å². The van der Waals surface area contributed by atoms with E-state index < -0.39 is 0 Å². The molecule has 88 heavy (non-hydrogen) atoms. The molecule has 0 fully saturated rings. The SMILES string of the molecule is c1ccc(-c2cc(-c3ccccc3)cc(-n3c4ccccc4c4cc(-c5cccc6c5oc5ccccc56)ccc43)c2)cc1.c1ccc(-c2nc(-c3ccccc3)nc(-n3c4ccccc4c4cc(-c5ccc6oc7ccccc7c6c5)ccc43)n2)cc1. The van der Waals surface area contributed by atoms with Gasteiger partial charge in [0.15, 0.2) is 11.6 Å². The summed E-state index contributed by atoms with van der Waals surface area (Å²) in [5.74, 6) is 1.86. The number of benzene rings is 13. The van der Waals surface area contributed by atoms with E-state index in [1.807, 2.05) is 84.9 Å². The third-order valence-electron chi connectivity index (χ3n) is 17.0. The number of nitrogens with zero attached hydrogens (tertiary/aromatic N) is 5. The molecule has 0 bridgehead atoms. The number of fused-ring (bicyclic) bond motifs is 12. The molecule has 0 amide bonds. The van der Waals surface area contributed by atoms with E-state index in [1.165, 1.54) is 44.1 Å². The summed E-state index contributed by atoms with van der Waals surface area (Å²) in [7, 11) is 0. The average molecular weight is 1130 g/mol. The Balaban J connectivity index is 0.000000137. The lowest BCUT2D eigenvalue weighted by Crippen LogP contribution is -2.06. The maximum atomic E-state index is 6.42. The summed E-state index contributed by atoms with van der Waals surface area (Å²) in [6.45, 7) is 0. The van der Waals surface area contributed by atoms with Crippen LogP contribution in [0.25, 0.3) is 166 Å². The first-order valence-corrected chi connectivity index (χ1v) is 29.6. The summed E-state index contributed by atoms with van der Waals surface area (Å²) in [6, 6.07) is 108. The Hall–Kier alpha value is -11.9. The van der Waals surface area contributed by atoms with Crippen LogP contribution in [-0.4, -0.2) is 24.1 Å². The Labute approximate surface area is 505 Å². The van der Waals surface area contributed by atoms with Crippen molar-refractivity contribution >= 4 is 87.5 Å². The van der Waals surface area contributed by atoms with Crippen LogP contribution < -0.4 is 0 Å². The monoisotopic (exact) mass is 1130 g/mol. The van der Waals surface area contributed by atoms with E-state index in [1.54, 1.807) is 0 Å². The highest BCUT2D eigenvalue weighted by molar-refractivity contribution is 6.14. The number of furan rings is 2. The highest BCUT2D eigenvalue weighted by Crippen LogP contribution is 2.42. The molecule has 0 radical (unpaired) electrons. The zero-order valence-electron chi connectivity index (χ0n) is 47.5. The van der Waals surface area contributed by atoms with E-state index >= 15 is 0 Å². The van der Waals surface area contributed by atoms with Gasteiger partial charge in [0.1, 0.15) is 22.3 Å². The summed E-state index contributed by atoms with van der Waals surface area (Å²) >= 11 is 0. The number of hydrogen-bond donors (Lipinski definition) is 0. The predicted molar refractivity (Wildman–Crippen MR) is 362 cm³/mol. The summed E-state index contributed by atoms with van der Waals surface area (Å²) in [6.07, 6.45) is 0. The van der Waals surface area contributed by atoms with Crippen LogP contribution in [0.4, 0.5) is 0 Å². The van der Waals surface area contributed by atoms with Gasteiger partial charge in [-0.15, -0.1) is 0 Å². The van der Waals surface area contributed by atoms with Crippen LogP contribution in [0.3, 0.4) is 0 Å². The summed E-state index contributed by atoms with van der Waals surface area (Å²) in [4.78, 5) is 15.0. The smallest absolute Gasteiger partial charge is 0.238 e. The molecule has 7 heteroatoms. The zero-order chi connectivity index (χ0) is 58.1. The fourth-order valence-electron chi connectivity index (χ4n) is 12.9. The molecule has 0 aliphatic rings. The second kappa shape index (κ2) is 21.0. The standard InChI is InChI=1S/C42H27NO.C39H24N4O/c1-3-12-28(13-4-1)31-24-32(29-14-5-2-6-15-29)26-33(25-31)43-39-20-9-7-16-35(39)38-27-30(22-23-40(38)43)34-18-11-19-37-36-17-8-10-21-41(36)44-42(34)37;1-3-11-25(12-4-1)37-40-38(26-13-5-2-6-14-26)42-39(41-37)43-33-17-9-7-15-29(33)31-23-27(19-21-34(31)43)28-20-22-36-32(24-28)30-16-8-10-18-35(30)44-36/h1-27H;1-24H. The van der Waals surface area contributed by atoms with Gasteiger partial charge >= 0.3 is 0 Å². The van der Waals surface area contributed by atoms with Gasteiger partial charge in [-0.1, -0.05) is 231 Å². The zero-order valence-corrected chi connectivity index (χ0v) is 47.5. The van der Waals surface area contributed by atoms with Crippen LogP contribution in [0.15, 0.2) is 318 Å². The first-order chi connectivity index (χ1) is 43.6. The Morgan fingerprint density at radius 2 is 0.648 bits per heavy atom. The first kappa shape index (κ1) is 50.6. The minimum Gasteiger partial charge on any atom is -0.456 e. The van der Waals surface area contributed by atoms with Crippen molar-refractivity contribution in [1.29, 1.82) is 0 Å². The molecule has 5 aromatic heterocycles. The van der Waals surface area contributed by atoms with Crippen molar-refractivity contribution in [2.45, 2.75) is 0 Å². The molecule has 18 aromatic rings. The van der Waals surface area contributed by atoms with E-state index in [-0.39, 0.29) is 0 Å². The minimum absolute atomic E-state index is 0.586. The highest BCUT2D eigenvalue weighted by atomic mass is 16.3. The molecule has 0 saturated carbocycles. The summed E-state index contributed by atoms with van der Waals surface area (Å²) in [5, 5.41) is 9.26. The Morgan fingerprint density at radius 3 is 1.25 bits per heavy atom. The van der Waals surface area contributed by atoms with Gasteiger partial charge in [-0.3, -0.25) is 4.57 Å². The largest absolute Gasteiger partial charge is 0.456 e. The summed E-state index contributed by atoms with van der Waals surface area (Å²) in [5.41, 5.74) is 20.4. The van der Waals surface area contributed by atoms with Gasteiger partial charge in [-0.05, 0) is 118 Å². The molecular formula is C81H51N5O2. The quantitative estimate of drug-likeness (QED) is 0.152. The summed E-state index contributed by atoms with van der Waals surface area (Å²) < 4.78 is 17.1. The Bertz CT molecular complexity index is 5560. The molecule has 0 spiro atoms. The van der Waals surface area contributed by atoms with Crippen molar-refractivity contribution in [2.75, 3.05) is 0 Å². The van der Waals surface area contributed by atoms with Crippen molar-refractivity contribution in [3.05, 3.63) is 309 Å². The van der Waals surface area contributed by atoms with Crippen molar-refractivity contribution < 1.29 is 8.83 Å². The number of hydrogen-bond acceptors (Lipinski definition) is 5. The Kier molecular flexibility index (Phi) is 12.1. The predicted octanol–water partition coefficient (Wildman–Crippen LogP) is 21.6. The van der Waals surface area contributed by atoms with E-state index in [9.17, 15) is 0 Å². The van der Waals surface area contributed by atoms with Crippen LogP contribution >= 0.6 is 0 Å². The van der Waals surface area contributed by atoms with E-state index in [0.29, 0.717) is 17.6 Å². The van der Waals surface area contributed by atoms with Crippen LogP contribution in [0, 0.1) is 0 Å². The normalized spacial score (nSPS) is 11.6. The third kappa shape index (κ3) is 8.71. The molecule has 18 rings (SSSR count). The van der Waals surface area contributed by atoms with Crippen LogP contribution in [0.1, 0.15) is 0 Å². The van der Waals surface area contributed by atoms with Gasteiger partial charge in [0.05, 0.1) is 22.1 Å². The average Bonchev–Trinajstić information content (AvgIpc) is 1.93. The Morgan fingerprint density at radius 1 is 0.227 bits per heavy atom. The molecule has 0 aliphatic heterocycles. The van der Waals surface area contributed by atoms with Crippen molar-refractivity contribution in [2.24, 2.45) is 0 Å². The first-order valence-electron chi connectivity index (χ1n) is 29.6. The molecule has 7 nitrogen and oxygen atoms in total. The second-order valence-electron chi connectivity index (χ2n) is 22.3. The molecule has 0 N–H and O–H groups in total. The van der Waals surface area contributed by atoms with E-state index in [0.717, 1.165) is 105 Å². The number of aromatic nitrogens is 5. The topological polar surface area (TPSA) is 74.8 Å². The maximum Gasteiger partial charge on any atom is 0.238 e. The van der Waals surface area contributed by atoms with Gasteiger partial charge in [0.25, 0.3) is 0 Å². The van der Waals surface area contributed by atoms with Crippen LogP contribution in [-0.2, 0) is 0 Å². The molecule has 0 saturated heterocycles. The van der Waals surface area contributed by atoms with Gasteiger partial charge in [-0.2, -0.15) is 9.97 Å². The number of para-hydroxylation sites is 5. The highest BCUT2D eigenvalue weighted by Gasteiger charge is 2.21. The molecule has 0 unspecified atom stereocenters. The molecule has 13 aromatic carbocycles. The molecule has 0 aliphatic carbocycles. The van der Waals surface area contributed by atoms with E-state index in [4.69, 9.17) is 23.8 Å². The maximum absolute atomic E-state index is 6.42. The number of rotatable bonds is 8. The van der Waals surface area contributed by atoms with Crippen LogP contribution in [0.5, 0.6) is 0 Å². The van der Waals surface area contributed by atoms with Gasteiger partial charge in [0, 0.05) is 65.5 Å². The van der Waals surface area contributed by atoms with E-state index in [2.05, 4.69) is 234 Å². The van der Waals surface area contributed by atoms with Crippen molar-refractivity contribution in [3.8, 4) is 78.9 Å². The molecule has 5 heterocycles. The second-order valence-corrected chi connectivity index (χ2v) is 22.3. The van der Waals surface area contributed by atoms with Gasteiger partial charge in [0.2, 0.25) is 5.95 Å². The lowest BCUT2D eigenvalue weighted by atomic mass is 9.98. The minimum atomic E-state index is 0.586. The fourth-order valence-corrected chi connectivity index (χ4v) is 12.9. The molecule has 0 atom stereocenters. The molecular weight excluding hydrogens is 1070 g/mol. The third-order valence-corrected chi connectivity index (χ3v) is 17.0. The fraction of sp³-hybridized carbons (Fsp3) is 0. The van der Waals surface area contributed by atoms with Gasteiger partial charge < -0.3 is 13.4 Å². The van der Waals surface area contributed by atoms with Gasteiger partial charge in [-0.25, -0.2) is 4.98 Å². The van der Waals surface area contributed by atoms with Crippen molar-refractivity contribution in [3.63, 3.8) is 0 Å². The van der Waals surface area contributed by atoms with Crippen LogP contribution in [0.2, 0.25) is 0 Å². The lowest BCUT2D eigenvalue weighted by molar-refractivity contribution is 0.669. The molecule has 412 valence electrons. The lowest BCUT2D eigenvalue weighted by Gasteiger charge is -2.14.